The van der Waals surface area contributed by atoms with Crippen LogP contribution in [0.2, 0.25) is 0 Å². The standard InChI is InChI=1S/C25H22O5/c1-29-23-13-7-3-9-17(23)15-18(19-10-5-8-14-24(19)30-2)16-22(27)20-11-4-6-12-21(26)25(20)28/h3-15H,16H2,1-2H3,(H,26,28)/b18-15-. The van der Waals surface area contributed by atoms with Gasteiger partial charge in [0.05, 0.1) is 19.8 Å². The second kappa shape index (κ2) is 9.56. The van der Waals surface area contributed by atoms with Gasteiger partial charge < -0.3 is 14.6 Å². The highest BCUT2D eigenvalue weighted by Gasteiger charge is 2.18. The lowest BCUT2D eigenvalue weighted by Gasteiger charge is -2.13. The Labute approximate surface area is 174 Å². The van der Waals surface area contributed by atoms with Gasteiger partial charge in [-0.3, -0.25) is 9.59 Å². The van der Waals surface area contributed by atoms with Crippen molar-refractivity contribution >= 4 is 17.4 Å². The van der Waals surface area contributed by atoms with Crippen molar-refractivity contribution in [1.82, 2.24) is 0 Å². The molecule has 30 heavy (non-hydrogen) atoms. The lowest BCUT2D eigenvalue weighted by atomic mass is 9.94. The Balaban J connectivity index is 2.13. The molecule has 1 N–H and O–H groups in total. The largest absolute Gasteiger partial charge is 0.504 e. The third-order valence-electron chi connectivity index (χ3n) is 4.68. The lowest BCUT2D eigenvalue weighted by Crippen LogP contribution is -2.05. The minimum absolute atomic E-state index is 0.0224. The van der Waals surface area contributed by atoms with Gasteiger partial charge in [0.25, 0.3) is 0 Å². The predicted octanol–water partition coefficient (Wildman–Crippen LogP) is 4.58. The summed E-state index contributed by atoms with van der Waals surface area (Å²) < 4.78 is 10.9. The molecule has 0 aliphatic carbocycles. The summed E-state index contributed by atoms with van der Waals surface area (Å²) in [7, 11) is 3.15. The van der Waals surface area contributed by atoms with E-state index in [4.69, 9.17) is 9.47 Å². The lowest BCUT2D eigenvalue weighted by molar-refractivity contribution is 0.0996. The molecule has 0 atom stereocenters. The molecule has 0 aromatic heterocycles. The van der Waals surface area contributed by atoms with E-state index >= 15 is 0 Å². The second-order valence-corrected chi connectivity index (χ2v) is 6.56. The Morgan fingerprint density at radius 1 is 0.833 bits per heavy atom. The van der Waals surface area contributed by atoms with E-state index in [9.17, 15) is 14.7 Å². The van der Waals surface area contributed by atoms with Gasteiger partial charge in [0.2, 0.25) is 5.43 Å². The fourth-order valence-electron chi connectivity index (χ4n) is 3.19. The van der Waals surface area contributed by atoms with Crippen LogP contribution in [0.3, 0.4) is 0 Å². The van der Waals surface area contributed by atoms with Gasteiger partial charge in [-0.25, -0.2) is 0 Å². The van der Waals surface area contributed by atoms with Gasteiger partial charge in [-0.1, -0.05) is 48.5 Å². The van der Waals surface area contributed by atoms with Crippen LogP contribution >= 0.6 is 0 Å². The molecule has 3 aromatic rings. The van der Waals surface area contributed by atoms with Crippen molar-refractivity contribution in [2.24, 2.45) is 0 Å². The summed E-state index contributed by atoms with van der Waals surface area (Å²) in [4.78, 5) is 25.0. The zero-order chi connectivity index (χ0) is 21.5. The van der Waals surface area contributed by atoms with Crippen molar-refractivity contribution in [2.75, 3.05) is 14.2 Å². The summed E-state index contributed by atoms with van der Waals surface area (Å²) in [6.07, 6.45) is 1.81. The maximum Gasteiger partial charge on any atom is 0.220 e. The molecule has 3 rings (SSSR count). The first kappa shape index (κ1) is 20.9. The van der Waals surface area contributed by atoms with Crippen LogP contribution in [0, 0.1) is 0 Å². The number of hydrogen-bond acceptors (Lipinski definition) is 5. The SMILES string of the molecule is COc1ccccc1/C=C(/CC(=O)c1ccccc(=O)c1O)c1ccccc1OC. The fourth-order valence-corrected chi connectivity index (χ4v) is 3.19. The van der Waals surface area contributed by atoms with E-state index in [0.29, 0.717) is 17.1 Å². The summed E-state index contributed by atoms with van der Waals surface area (Å²) in [6, 6.07) is 20.5. The molecule has 0 heterocycles. The van der Waals surface area contributed by atoms with E-state index in [0.717, 1.165) is 11.1 Å². The highest BCUT2D eigenvalue weighted by atomic mass is 16.5. The molecule has 3 aromatic carbocycles. The van der Waals surface area contributed by atoms with Gasteiger partial charge in [-0.2, -0.15) is 0 Å². The third-order valence-corrected chi connectivity index (χ3v) is 4.68. The summed E-state index contributed by atoms with van der Waals surface area (Å²) >= 11 is 0. The number of carbonyl (C=O) groups is 1. The number of rotatable bonds is 7. The maximum absolute atomic E-state index is 13.1. The van der Waals surface area contributed by atoms with Gasteiger partial charge in [-0.15, -0.1) is 0 Å². The van der Waals surface area contributed by atoms with Crippen LogP contribution in [0.4, 0.5) is 0 Å². The molecule has 0 saturated heterocycles. The number of hydrogen-bond donors (Lipinski definition) is 1. The average Bonchev–Trinajstić information content (AvgIpc) is 2.94. The van der Waals surface area contributed by atoms with Crippen LogP contribution in [-0.2, 0) is 0 Å². The molecule has 0 amide bonds. The minimum atomic E-state index is -0.601. The van der Waals surface area contributed by atoms with E-state index in [-0.39, 0.29) is 17.8 Å². The van der Waals surface area contributed by atoms with Crippen molar-refractivity contribution in [3.63, 3.8) is 0 Å². The number of ether oxygens (including phenoxy) is 2. The molecule has 0 radical (unpaired) electrons. The molecule has 0 aliphatic rings. The van der Waals surface area contributed by atoms with Crippen LogP contribution < -0.4 is 14.9 Å². The summed E-state index contributed by atoms with van der Waals surface area (Å²) in [5, 5.41) is 10.2. The van der Waals surface area contributed by atoms with Gasteiger partial charge >= 0.3 is 0 Å². The molecule has 5 nitrogen and oxygen atoms in total. The molecule has 0 saturated carbocycles. The Hall–Kier alpha value is -3.86. The normalized spacial score (nSPS) is 11.1. The Kier molecular flexibility index (Phi) is 6.65. The molecule has 0 spiro atoms. The van der Waals surface area contributed by atoms with Gasteiger partial charge in [0, 0.05) is 17.5 Å². The molecule has 0 fully saturated rings. The molecule has 0 aliphatic heterocycles. The fraction of sp³-hybridized carbons (Fsp3) is 0.120. The van der Waals surface area contributed by atoms with Crippen LogP contribution in [-0.4, -0.2) is 25.1 Å². The molecule has 0 bridgehead atoms. The van der Waals surface area contributed by atoms with E-state index in [1.54, 1.807) is 20.3 Å². The molecule has 0 unspecified atom stereocenters. The molecule has 5 heteroatoms. The number of benzene rings is 2. The summed E-state index contributed by atoms with van der Waals surface area (Å²) in [5.74, 6) is 0.335. The van der Waals surface area contributed by atoms with Crippen LogP contribution in [0.25, 0.3) is 11.6 Å². The van der Waals surface area contributed by atoms with Gasteiger partial charge in [0.15, 0.2) is 11.5 Å². The summed E-state index contributed by atoms with van der Waals surface area (Å²) in [5.41, 5.74) is 1.57. The van der Waals surface area contributed by atoms with E-state index in [1.165, 1.54) is 18.2 Å². The number of Topliss-reactive ketones (excluding diaryl/α,β-unsaturated/α-hetero) is 1. The average molecular weight is 402 g/mol. The highest BCUT2D eigenvalue weighted by Crippen LogP contribution is 2.33. The van der Waals surface area contributed by atoms with E-state index < -0.39 is 11.2 Å². The van der Waals surface area contributed by atoms with Gasteiger partial charge in [0.1, 0.15) is 11.5 Å². The first-order valence-electron chi connectivity index (χ1n) is 9.37. The molecule has 152 valence electrons. The minimum Gasteiger partial charge on any atom is -0.504 e. The first-order valence-corrected chi connectivity index (χ1v) is 9.37. The van der Waals surface area contributed by atoms with Crippen molar-refractivity contribution in [2.45, 2.75) is 6.42 Å². The number of allylic oxidation sites excluding steroid dienone is 1. The van der Waals surface area contributed by atoms with E-state index in [2.05, 4.69) is 0 Å². The Morgan fingerprint density at radius 3 is 2.10 bits per heavy atom. The summed E-state index contributed by atoms with van der Waals surface area (Å²) in [6.45, 7) is 0. The Bertz CT molecular complexity index is 1150. The second-order valence-electron chi connectivity index (χ2n) is 6.56. The topological polar surface area (TPSA) is 72.8 Å². The molecular formula is C25H22O5. The van der Waals surface area contributed by atoms with E-state index in [1.807, 2.05) is 54.6 Å². The zero-order valence-electron chi connectivity index (χ0n) is 16.8. The third kappa shape index (κ3) is 4.58. The molecular weight excluding hydrogens is 380 g/mol. The number of ketones is 1. The van der Waals surface area contributed by atoms with Crippen LogP contribution in [0.5, 0.6) is 17.2 Å². The maximum atomic E-state index is 13.1. The van der Waals surface area contributed by atoms with Crippen molar-refractivity contribution in [1.29, 1.82) is 0 Å². The zero-order valence-corrected chi connectivity index (χ0v) is 16.8. The number of para-hydroxylation sites is 2. The highest BCUT2D eigenvalue weighted by molar-refractivity contribution is 6.06. The Morgan fingerprint density at radius 2 is 1.40 bits per heavy atom. The first-order chi connectivity index (χ1) is 14.5. The predicted molar refractivity (Wildman–Crippen MR) is 117 cm³/mol. The van der Waals surface area contributed by atoms with Crippen LogP contribution in [0.15, 0.2) is 77.6 Å². The van der Waals surface area contributed by atoms with Crippen molar-refractivity contribution < 1.29 is 19.4 Å². The van der Waals surface area contributed by atoms with Gasteiger partial charge in [-0.05, 0) is 35.9 Å². The quantitative estimate of drug-likeness (QED) is 0.462. The number of methoxy groups -OCH3 is 2. The van der Waals surface area contributed by atoms with Crippen molar-refractivity contribution in [3.8, 4) is 17.2 Å². The number of carbonyl (C=O) groups excluding carboxylic acids is 1. The van der Waals surface area contributed by atoms with Crippen LogP contribution in [0.1, 0.15) is 27.9 Å². The number of aromatic hydroxyl groups is 1. The van der Waals surface area contributed by atoms with Crippen molar-refractivity contribution in [3.05, 3.63) is 99.7 Å². The monoisotopic (exact) mass is 402 g/mol. The smallest absolute Gasteiger partial charge is 0.220 e.